The zero-order valence-electron chi connectivity index (χ0n) is 11.0. The highest BCUT2D eigenvalue weighted by molar-refractivity contribution is 6.31. The number of carbonyl (C=O) groups excluding carboxylic acids is 1. The molecule has 21 heavy (non-hydrogen) atoms. The van der Waals surface area contributed by atoms with E-state index in [1.165, 1.54) is 0 Å². The third-order valence-corrected chi connectivity index (χ3v) is 3.83. The van der Waals surface area contributed by atoms with Gasteiger partial charge in [-0.05, 0) is 30.3 Å². The molecular weight excluding hydrogens is 286 g/mol. The van der Waals surface area contributed by atoms with E-state index in [4.69, 9.17) is 16.3 Å². The number of pyridine rings is 1. The van der Waals surface area contributed by atoms with E-state index in [-0.39, 0.29) is 12.4 Å². The maximum Gasteiger partial charge on any atom is 0.198 e. The van der Waals surface area contributed by atoms with Crippen LogP contribution in [0.25, 0.3) is 10.9 Å². The molecule has 0 radical (unpaired) electrons. The van der Waals surface area contributed by atoms with Gasteiger partial charge in [0.2, 0.25) is 0 Å². The van der Waals surface area contributed by atoms with Crippen LogP contribution < -0.4 is 4.74 Å². The summed E-state index contributed by atoms with van der Waals surface area (Å²) in [5, 5.41) is 1.46. The van der Waals surface area contributed by atoms with Gasteiger partial charge >= 0.3 is 0 Å². The molecule has 0 N–H and O–H groups in total. The quantitative estimate of drug-likeness (QED) is 0.629. The standard InChI is InChI=1S/C17H10ClNO2/c18-11-5-6-16-13(8-11)17(20)12-7-10-3-1-2-4-14(10)19-15(12)9-21-16/h1-8H,9H2. The van der Waals surface area contributed by atoms with Gasteiger partial charge in [-0.1, -0.05) is 29.8 Å². The average molecular weight is 296 g/mol. The number of rotatable bonds is 0. The first-order valence-corrected chi connectivity index (χ1v) is 6.96. The Balaban J connectivity index is 1.97. The van der Waals surface area contributed by atoms with Crippen LogP contribution in [0.4, 0.5) is 0 Å². The fourth-order valence-electron chi connectivity index (χ4n) is 2.56. The van der Waals surface area contributed by atoms with Crippen LogP contribution in [0.2, 0.25) is 5.02 Å². The Bertz CT molecular complexity index is 889. The lowest BCUT2D eigenvalue weighted by atomic mass is 10.0. The molecule has 3 nitrogen and oxygen atoms in total. The Labute approximate surface area is 126 Å². The average Bonchev–Trinajstić information content (AvgIpc) is 2.63. The lowest BCUT2D eigenvalue weighted by molar-refractivity contribution is 0.103. The number of nitrogens with zero attached hydrogens (tertiary/aromatic N) is 1. The van der Waals surface area contributed by atoms with Gasteiger partial charge in [0, 0.05) is 16.0 Å². The summed E-state index contributed by atoms with van der Waals surface area (Å²) in [5.74, 6) is 0.449. The number of carbonyl (C=O) groups is 1. The highest BCUT2D eigenvalue weighted by Gasteiger charge is 2.24. The number of aromatic nitrogens is 1. The van der Waals surface area contributed by atoms with Gasteiger partial charge in [-0.3, -0.25) is 4.79 Å². The minimum Gasteiger partial charge on any atom is -0.486 e. The molecule has 2 aromatic carbocycles. The fraction of sp³-hybridized carbons (Fsp3) is 0.0588. The summed E-state index contributed by atoms with van der Waals surface area (Å²) in [4.78, 5) is 17.3. The highest BCUT2D eigenvalue weighted by Crippen LogP contribution is 2.31. The molecule has 1 aliphatic heterocycles. The van der Waals surface area contributed by atoms with Crippen molar-refractivity contribution in [1.82, 2.24) is 4.98 Å². The molecule has 4 rings (SSSR count). The number of ketones is 1. The van der Waals surface area contributed by atoms with Gasteiger partial charge in [0.05, 0.1) is 16.8 Å². The second-order valence-corrected chi connectivity index (χ2v) is 5.37. The van der Waals surface area contributed by atoms with Crippen molar-refractivity contribution in [3.8, 4) is 5.75 Å². The number of para-hydroxylation sites is 1. The Hall–Kier alpha value is -2.39. The monoisotopic (exact) mass is 295 g/mol. The molecule has 2 heterocycles. The van der Waals surface area contributed by atoms with Crippen LogP contribution in [0.3, 0.4) is 0 Å². The van der Waals surface area contributed by atoms with Crippen LogP contribution in [-0.2, 0) is 6.61 Å². The highest BCUT2D eigenvalue weighted by atomic mass is 35.5. The molecule has 0 saturated carbocycles. The van der Waals surface area contributed by atoms with E-state index in [1.807, 2.05) is 30.3 Å². The number of hydrogen-bond acceptors (Lipinski definition) is 3. The molecule has 0 fully saturated rings. The molecule has 0 aliphatic carbocycles. The molecule has 1 aliphatic rings. The normalized spacial score (nSPS) is 13.3. The topological polar surface area (TPSA) is 39.2 Å². The Morgan fingerprint density at radius 1 is 1.05 bits per heavy atom. The van der Waals surface area contributed by atoms with Crippen LogP contribution in [0.5, 0.6) is 5.75 Å². The van der Waals surface area contributed by atoms with Crippen LogP contribution in [0.1, 0.15) is 21.6 Å². The van der Waals surface area contributed by atoms with Gasteiger partial charge in [0.25, 0.3) is 0 Å². The maximum absolute atomic E-state index is 12.7. The minimum atomic E-state index is -0.0988. The first-order valence-electron chi connectivity index (χ1n) is 6.58. The Morgan fingerprint density at radius 2 is 1.90 bits per heavy atom. The zero-order chi connectivity index (χ0) is 14.4. The molecular formula is C17H10ClNO2. The number of halogens is 1. The van der Waals surface area contributed by atoms with E-state index in [2.05, 4.69) is 4.98 Å². The van der Waals surface area contributed by atoms with Crippen LogP contribution in [0, 0.1) is 0 Å². The first-order chi connectivity index (χ1) is 10.2. The van der Waals surface area contributed by atoms with Crippen molar-refractivity contribution in [3.05, 3.63) is 70.4 Å². The largest absolute Gasteiger partial charge is 0.486 e. The van der Waals surface area contributed by atoms with E-state index in [1.54, 1.807) is 18.2 Å². The molecule has 0 atom stereocenters. The predicted molar refractivity (Wildman–Crippen MR) is 81.0 cm³/mol. The molecule has 1 aromatic heterocycles. The number of ether oxygens (including phenoxy) is 1. The van der Waals surface area contributed by atoms with Gasteiger partial charge in [0.15, 0.2) is 5.78 Å². The van der Waals surface area contributed by atoms with Crippen molar-refractivity contribution < 1.29 is 9.53 Å². The van der Waals surface area contributed by atoms with Crippen molar-refractivity contribution in [3.63, 3.8) is 0 Å². The molecule has 0 unspecified atom stereocenters. The lowest BCUT2D eigenvalue weighted by Crippen LogP contribution is -2.05. The number of fused-ring (bicyclic) bond motifs is 3. The van der Waals surface area contributed by atoms with E-state index in [9.17, 15) is 4.79 Å². The third-order valence-electron chi connectivity index (χ3n) is 3.60. The molecule has 3 aromatic rings. The molecule has 102 valence electrons. The summed E-state index contributed by atoms with van der Waals surface area (Å²) in [6.07, 6.45) is 0. The SMILES string of the molecule is O=C1c2cc(Cl)ccc2OCc2nc3ccccc3cc21. The van der Waals surface area contributed by atoms with Gasteiger partial charge in [0.1, 0.15) is 12.4 Å². The summed E-state index contributed by atoms with van der Waals surface area (Å²) in [5.41, 5.74) is 2.58. The smallest absolute Gasteiger partial charge is 0.198 e. The second-order valence-electron chi connectivity index (χ2n) is 4.93. The van der Waals surface area contributed by atoms with Gasteiger partial charge in [-0.2, -0.15) is 0 Å². The fourth-order valence-corrected chi connectivity index (χ4v) is 2.73. The number of benzene rings is 2. The zero-order valence-corrected chi connectivity index (χ0v) is 11.7. The van der Waals surface area contributed by atoms with E-state index in [0.717, 1.165) is 10.9 Å². The Kier molecular flexibility index (Phi) is 2.69. The second kappa shape index (κ2) is 4.57. The summed E-state index contributed by atoms with van der Waals surface area (Å²) in [7, 11) is 0. The molecule has 0 amide bonds. The van der Waals surface area contributed by atoms with Crippen LogP contribution in [0.15, 0.2) is 48.5 Å². The van der Waals surface area contributed by atoms with Gasteiger partial charge in [-0.15, -0.1) is 0 Å². The summed E-state index contributed by atoms with van der Waals surface area (Å²) in [6, 6.07) is 14.7. The van der Waals surface area contributed by atoms with E-state index >= 15 is 0 Å². The van der Waals surface area contributed by atoms with Crippen molar-refractivity contribution in [2.24, 2.45) is 0 Å². The van der Waals surface area contributed by atoms with E-state index < -0.39 is 0 Å². The lowest BCUT2D eigenvalue weighted by Gasteiger charge is -2.05. The molecule has 4 heteroatoms. The molecule has 0 bridgehead atoms. The van der Waals surface area contributed by atoms with Crippen molar-refractivity contribution in [1.29, 1.82) is 0 Å². The Morgan fingerprint density at radius 3 is 2.81 bits per heavy atom. The summed E-state index contributed by atoms with van der Waals surface area (Å²) in [6.45, 7) is 0.278. The third kappa shape index (κ3) is 1.98. The van der Waals surface area contributed by atoms with Crippen LogP contribution in [-0.4, -0.2) is 10.8 Å². The maximum atomic E-state index is 12.7. The molecule has 0 saturated heterocycles. The van der Waals surface area contributed by atoms with Crippen LogP contribution >= 0.6 is 11.6 Å². The first kappa shape index (κ1) is 12.4. The summed E-state index contributed by atoms with van der Waals surface area (Å²) >= 11 is 5.99. The van der Waals surface area contributed by atoms with Gasteiger partial charge in [-0.25, -0.2) is 4.98 Å². The number of hydrogen-bond donors (Lipinski definition) is 0. The van der Waals surface area contributed by atoms with Gasteiger partial charge < -0.3 is 4.74 Å². The minimum absolute atomic E-state index is 0.0988. The van der Waals surface area contributed by atoms with Crippen molar-refractivity contribution in [2.45, 2.75) is 6.61 Å². The van der Waals surface area contributed by atoms with Crippen molar-refractivity contribution >= 4 is 28.3 Å². The van der Waals surface area contributed by atoms with E-state index in [0.29, 0.717) is 27.6 Å². The predicted octanol–water partition coefficient (Wildman–Crippen LogP) is 4.01. The summed E-state index contributed by atoms with van der Waals surface area (Å²) < 4.78 is 5.71. The molecule has 0 spiro atoms. The van der Waals surface area contributed by atoms with Crippen molar-refractivity contribution in [2.75, 3.05) is 0 Å².